The zero-order chi connectivity index (χ0) is 16.8. The lowest BCUT2D eigenvalue weighted by molar-refractivity contribution is -0.136. The summed E-state index contributed by atoms with van der Waals surface area (Å²) >= 11 is 0. The maximum atomic E-state index is 12.7. The number of amides is 1. The molecule has 2 heterocycles. The Kier molecular flexibility index (Phi) is 12.5. The van der Waals surface area contributed by atoms with Gasteiger partial charge in [0.15, 0.2) is 0 Å². The number of halogens is 3. The normalized spacial score (nSPS) is 19.2. The summed E-state index contributed by atoms with van der Waals surface area (Å²) in [5, 5.41) is 0. The Bertz CT molecular complexity index is 533. The van der Waals surface area contributed by atoms with Gasteiger partial charge in [-0.25, -0.2) is 0 Å². The highest BCUT2D eigenvalue weighted by molar-refractivity contribution is 5.86. The van der Waals surface area contributed by atoms with Gasteiger partial charge in [-0.05, 0) is 36.9 Å². The predicted octanol–water partition coefficient (Wildman–Crippen LogP) is 3.29. The van der Waals surface area contributed by atoms with E-state index >= 15 is 0 Å². The Morgan fingerprint density at radius 3 is 2.26 bits per heavy atom. The highest BCUT2D eigenvalue weighted by Crippen LogP contribution is 2.38. The van der Waals surface area contributed by atoms with Crippen LogP contribution in [-0.2, 0) is 11.3 Å². The van der Waals surface area contributed by atoms with Crippen LogP contribution in [0, 0.1) is 5.41 Å². The topological polar surface area (TPSA) is 62.5 Å². The first-order valence-electron chi connectivity index (χ1n) is 9.31. The van der Waals surface area contributed by atoms with E-state index < -0.39 is 0 Å². The summed E-state index contributed by atoms with van der Waals surface area (Å²) in [4.78, 5) is 21.5. The second-order valence-electron chi connectivity index (χ2n) is 7.42. The molecule has 1 saturated heterocycles. The Hall–Kier alpha value is -0.590. The quantitative estimate of drug-likeness (QED) is 0.764. The van der Waals surface area contributed by atoms with Gasteiger partial charge in [0.25, 0.3) is 0 Å². The van der Waals surface area contributed by atoms with E-state index in [4.69, 9.17) is 5.73 Å². The fourth-order valence-corrected chi connectivity index (χ4v) is 4.06. The van der Waals surface area contributed by atoms with Crippen LogP contribution in [0.2, 0.25) is 0 Å². The molecule has 2 fully saturated rings. The molecule has 8 heteroatoms. The zero-order valence-electron chi connectivity index (χ0n) is 15.8. The summed E-state index contributed by atoms with van der Waals surface area (Å²) in [7, 11) is 0. The van der Waals surface area contributed by atoms with Crippen molar-refractivity contribution in [3.05, 3.63) is 30.1 Å². The number of pyridine rings is 1. The summed E-state index contributed by atoms with van der Waals surface area (Å²) in [6.45, 7) is 5.03. The highest BCUT2D eigenvalue weighted by Gasteiger charge is 2.35. The van der Waals surface area contributed by atoms with Crippen LogP contribution in [0.25, 0.3) is 0 Å². The number of nitrogens with zero attached hydrogens (tertiary/aromatic N) is 3. The lowest BCUT2D eigenvalue weighted by atomic mass is 9.71. The molecule has 1 aromatic heterocycles. The standard InChI is InChI=1S/C19H30N4O.3ClH/c20-16-19(7-3-1-4-8-19)14-18(24)23-12-10-22(11-13-23)15-17-6-2-5-9-21-17;;;/h2,5-6,9H,1,3-4,7-8,10-16,20H2;3*1H. The van der Waals surface area contributed by atoms with Gasteiger partial charge < -0.3 is 10.6 Å². The van der Waals surface area contributed by atoms with E-state index in [0.717, 1.165) is 51.3 Å². The van der Waals surface area contributed by atoms with Gasteiger partial charge >= 0.3 is 0 Å². The molecule has 0 spiro atoms. The first-order chi connectivity index (χ1) is 11.7. The smallest absolute Gasteiger partial charge is 0.223 e. The van der Waals surface area contributed by atoms with Crippen molar-refractivity contribution >= 4 is 43.1 Å². The van der Waals surface area contributed by atoms with Crippen molar-refractivity contribution in [2.75, 3.05) is 32.7 Å². The van der Waals surface area contributed by atoms with Gasteiger partial charge in [0.1, 0.15) is 0 Å². The van der Waals surface area contributed by atoms with Crippen molar-refractivity contribution < 1.29 is 4.79 Å². The number of hydrogen-bond donors (Lipinski definition) is 1. The van der Waals surface area contributed by atoms with Gasteiger partial charge in [-0.2, -0.15) is 0 Å². The first-order valence-corrected chi connectivity index (χ1v) is 9.31. The molecule has 0 unspecified atom stereocenters. The van der Waals surface area contributed by atoms with E-state index in [0.29, 0.717) is 18.9 Å². The Labute approximate surface area is 181 Å². The Morgan fingerprint density at radius 2 is 1.70 bits per heavy atom. The molecule has 0 radical (unpaired) electrons. The number of nitrogens with two attached hydrogens (primary N) is 1. The van der Waals surface area contributed by atoms with Gasteiger partial charge in [0.2, 0.25) is 5.91 Å². The SMILES string of the molecule is Cl.Cl.Cl.NCC1(CC(=O)N2CCN(Cc3ccccn3)CC2)CCCCC1. The zero-order valence-corrected chi connectivity index (χ0v) is 18.3. The van der Waals surface area contributed by atoms with Crippen LogP contribution >= 0.6 is 37.2 Å². The molecular formula is C19H33Cl3N4O. The maximum Gasteiger partial charge on any atom is 0.223 e. The van der Waals surface area contributed by atoms with Gasteiger partial charge in [0, 0.05) is 45.3 Å². The predicted molar refractivity (Wildman–Crippen MR) is 117 cm³/mol. The van der Waals surface area contributed by atoms with Crippen molar-refractivity contribution in [1.29, 1.82) is 0 Å². The maximum absolute atomic E-state index is 12.7. The minimum absolute atomic E-state index is 0. The summed E-state index contributed by atoms with van der Waals surface area (Å²) in [6.07, 6.45) is 8.46. The van der Waals surface area contributed by atoms with Gasteiger partial charge in [-0.1, -0.05) is 25.3 Å². The van der Waals surface area contributed by atoms with Crippen LogP contribution in [0.3, 0.4) is 0 Å². The summed E-state index contributed by atoms with van der Waals surface area (Å²) in [6, 6.07) is 6.03. The van der Waals surface area contributed by atoms with Crippen LogP contribution < -0.4 is 5.73 Å². The van der Waals surface area contributed by atoms with Crippen molar-refractivity contribution in [1.82, 2.24) is 14.8 Å². The Morgan fingerprint density at radius 1 is 1.04 bits per heavy atom. The molecular weight excluding hydrogens is 407 g/mol. The van der Waals surface area contributed by atoms with E-state index in [1.807, 2.05) is 23.2 Å². The second-order valence-corrected chi connectivity index (χ2v) is 7.42. The molecule has 3 rings (SSSR count). The number of aromatic nitrogens is 1. The monoisotopic (exact) mass is 438 g/mol. The average molecular weight is 440 g/mol. The minimum Gasteiger partial charge on any atom is -0.340 e. The fraction of sp³-hybridized carbons (Fsp3) is 0.684. The molecule has 1 aliphatic carbocycles. The van der Waals surface area contributed by atoms with E-state index in [2.05, 4.69) is 16.0 Å². The molecule has 0 bridgehead atoms. The Balaban J connectivity index is 0.00000225. The van der Waals surface area contributed by atoms with Gasteiger partial charge in [-0.15, -0.1) is 37.2 Å². The molecule has 27 heavy (non-hydrogen) atoms. The summed E-state index contributed by atoms with van der Waals surface area (Å²) in [5.74, 6) is 0.305. The van der Waals surface area contributed by atoms with Crippen molar-refractivity contribution in [3.63, 3.8) is 0 Å². The molecule has 0 aromatic carbocycles. The summed E-state index contributed by atoms with van der Waals surface area (Å²) < 4.78 is 0. The van der Waals surface area contributed by atoms with Gasteiger partial charge in [0.05, 0.1) is 5.69 Å². The van der Waals surface area contributed by atoms with Crippen LogP contribution in [0.15, 0.2) is 24.4 Å². The fourth-order valence-electron chi connectivity index (χ4n) is 4.06. The van der Waals surface area contributed by atoms with E-state index in [1.165, 1.54) is 19.3 Å². The van der Waals surface area contributed by atoms with Gasteiger partial charge in [-0.3, -0.25) is 14.7 Å². The molecule has 1 saturated carbocycles. The number of carbonyl (C=O) groups excluding carboxylic acids is 1. The summed E-state index contributed by atoms with van der Waals surface area (Å²) in [5.41, 5.74) is 7.21. The largest absolute Gasteiger partial charge is 0.340 e. The van der Waals surface area contributed by atoms with Crippen LogP contribution in [-0.4, -0.2) is 53.4 Å². The van der Waals surface area contributed by atoms with Crippen LogP contribution in [0.1, 0.15) is 44.2 Å². The minimum atomic E-state index is 0. The third-order valence-corrected chi connectivity index (χ3v) is 5.71. The van der Waals surface area contributed by atoms with Crippen LogP contribution in [0.4, 0.5) is 0 Å². The first kappa shape index (κ1) is 26.4. The molecule has 5 nitrogen and oxygen atoms in total. The molecule has 1 amide bonds. The lowest BCUT2D eigenvalue weighted by Gasteiger charge is -2.39. The molecule has 2 N–H and O–H groups in total. The number of rotatable bonds is 5. The number of carbonyl (C=O) groups is 1. The molecule has 2 aliphatic rings. The van der Waals surface area contributed by atoms with E-state index in [1.54, 1.807) is 0 Å². The third kappa shape index (κ3) is 7.39. The van der Waals surface area contributed by atoms with E-state index in [9.17, 15) is 4.79 Å². The lowest BCUT2D eigenvalue weighted by Crippen LogP contribution is -2.50. The van der Waals surface area contributed by atoms with Crippen molar-refractivity contribution in [2.45, 2.75) is 45.1 Å². The highest BCUT2D eigenvalue weighted by atomic mass is 35.5. The van der Waals surface area contributed by atoms with Crippen LogP contribution in [0.5, 0.6) is 0 Å². The average Bonchev–Trinajstić information content (AvgIpc) is 2.64. The number of piperazine rings is 1. The van der Waals surface area contributed by atoms with Crippen molar-refractivity contribution in [2.24, 2.45) is 11.1 Å². The third-order valence-electron chi connectivity index (χ3n) is 5.71. The molecule has 1 aromatic rings. The second kappa shape index (κ2) is 12.8. The van der Waals surface area contributed by atoms with E-state index in [-0.39, 0.29) is 42.6 Å². The van der Waals surface area contributed by atoms with Crippen molar-refractivity contribution in [3.8, 4) is 0 Å². The number of hydrogen-bond acceptors (Lipinski definition) is 4. The molecule has 1 aliphatic heterocycles. The molecule has 156 valence electrons. The molecule has 0 atom stereocenters.